The number of imidazole rings is 1. The summed E-state index contributed by atoms with van der Waals surface area (Å²) in [6, 6.07) is 1.84. The minimum absolute atomic E-state index is 0.0602. The number of rotatable bonds is 3. The fourth-order valence-corrected chi connectivity index (χ4v) is 2.12. The lowest BCUT2D eigenvalue weighted by molar-refractivity contribution is -0.123. The molecule has 0 unspecified atom stereocenters. The van der Waals surface area contributed by atoms with E-state index in [4.69, 9.17) is 11.6 Å². The maximum Gasteiger partial charge on any atom is 0.240 e. The number of pyridine rings is 1. The molecular formula is C13H17ClN4O. The van der Waals surface area contributed by atoms with Crippen LogP contribution in [0, 0.1) is 0 Å². The Kier molecular flexibility index (Phi) is 3.75. The maximum atomic E-state index is 12.0. The molecule has 6 heteroatoms. The van der Waals surface area contributed by atoms with Crippen LogP contribution in [-0.2, 0) is 17.2 Å². The SMILES string of the molecule is CC(C)(C)NC(=O)Cn1c(CCl)nc2cnccc21. The number of hydrogen-bond acceptors (Lipinski definition) is 3. The van der Waals surface area contributed by atoms with Crippen molar-refractivity contribution in [3.8, 4) is 0 Å². The predicted octanol–water partition coefficient (Wildman–Crippen LogP) is 2.08. The van der Waals surface area contributed by atoms with Gasteiger partial charge in [-0.05, 0) is 26.8 Å². The van der Waals surface area contributed by atoms with E-state index < -0.39 is 0 Å². The third kappa shape index (κ3) is 3.23. The number of amides is 1. The van der Waals surface area contributed by atoms with Crippen LogP contribution < -0.4 is 5.32 Å². The van der Waals surface area contributed by atoms with Crippen LogP contribution in [-0.4, -0.2) is 26.0 Å². The van der Waals surface area contributed by atoms with Crippen molar-refractivity contribution in [1.29, 1.82) is 0 Å². The van der Waals surface area contributed by atoms with Gasteiger partial charge in [-0.2, -0.15) is 0 Å². The first-order valence-corrected chi connectivity index (χ1v) is 6.60. The molecule has 5 nitrogen and oxygen atoms in total. The molecule has 0 aromatic carbocycles. The molecule has 0 aliphatic heterocycles. The van der Waals surface area contributed by atoms with Gasteiger partial charge < -0.3 is 9.88 Å². The third-order valence-electron chi connectivity index (χ3n) is 2.57. The van der Waals surface area contributed by atoms with Gasteiger partial charge in [-0.25, -0.2) is 4.98 Å². The molecule has 0 bridgehead atoms. The zero-order valence-electron chi connectivity index (χ0n) is 11.3. The van der Waals surface area contributed by atoms with E-state index in [0.717, 1.165) is 11.0 Å². The second-order valence-corrected chi connectivity index (χ2v) is 5.68. The van der Waals surface area contributed by atoms with E-state index in [1.807, 2.05) is 31.4 Å². The van der Waals surface area contributed by atoms with Crippen LogP contribution in [0.25, 0.3) is 11.0 Å². The van der Waals surface area contributed by atoms with E-state index in [2.05, 4.69) is 15.3 Å². The number of fused-ring (bicyclic) bond motifs is 1. The van der Waals surface area contributed by atoms with Crippen LogP contribution in [0.3, 0.4) is 0 Å². The normalized spacial score (nSPS) is 11.8. The molecule has 0 saturated heterocycles. The Morgan fingerprint density at radius 3 is 2.84 bits per heavy atom. The number of aromatic nitrogens is 3. The minimum atomic E-state index is -0.254. The zero-order chi connectivity index (χ0) is 14.0. The van der Waals surface area contributed by atoms with Crippen molar-refractivity contribution in [3.63, 3.8) is 0 Å². The van der Waals surface area contributed by atoms with E-state index in [1.54, 1.807) is 12.4 Å². The smallest absolute Gasteiger partial charge is 0.240 e. The summed E-state index contributed by atoms with van der Waals surface area (Å²) in [7, 11) is 0. The molecule has 1 amide bonds. The van der Waals surface area contributed by atoms with Crippen molar-refractivity contribution >= 4 is 28.5 Å². The average Bonchev–Trinajstić information content (AvgIpc) is 2.65. The first kappa shape index (κ1) is 13.8. The highest BCUT2D eigenvalue weighted by atomic mass is 35.5. The predicted molar refractivity (Wildman–Crippen MR) is 75.0 cm³/mol. The molecule has 0 aliphatic carbocycles. The number of nitrogens with one attached hydrogen (secondary N) is 1. The lowest BCUT2D eigenvalue weighted by Crippen LogP contribution is -2.42. The lowest BCUT2D eigenvalue weighted by Gasteiger charge is -2.21. The number of carbonyl (C=O) groups excluding carboxylic acids is 1. The van der Waals surface area contributed by atoms with Crippen molar-refractivity contribution in [1.82, 2.24) is 19.9 Å². The van der Waals surface area contributed by atoms with Crippen LogP contribution in [0.2, 0.25) is 0 Å². The quantitative estimate of drug-likeness (QED) is 0.876. The molecule has 0 saturated carbocycles. The molecule has 2 rings (SSSR count). The summed E-state index contributed by atoms with van der Waals surface area (Å²) in [6.45, 7) is 6.05. The van der Waals surface area contributed by atoms with Gasteiger partial charge in [0.25, 0.3) is 0 Å². The topological polar surface area (TPSA) is 59.8 Å². The Morgan fingerprint density at radius 1 is 1.47 bits per heavy atom. The third-order valence-corrected chi connectivity index (χ3v) is 2.80. The van der Waals surface area contributed by atoms with E-state index in [0.29, 0.717) is 5.82 Å². The molecule has 0 radical (unpaired) electrons. The van der Waals surface area contributed by atoms with Crippen LogP contribution in [0.5, 0.6) is 0 Å². The molecule has 1 N–H and O–H groups in total. The summed E-state index contributed by atoms with van der Waals surface area (Å²) in [4.78, 5) is 20.4. The summed E-state index contributed by atoms with van der Waals surface area (Å²) < 4.78 is 1.82. The van der Waals surface area contributed by atoms with Gasteiger partial charge in [-0.15, -0.1) is 11.6 Å². The minimum Gasteiger partial charge on any atom is -0.350 e. The number of halogens is 1. The van der Waals surface area contributed by atoms with E-state index >= 15 is 0 Å². The van der Waals surface area contributed by atoms with Gasteiger partial charge in [0.15, 0.2) is 0 Å². The molecule has 102 valence electrons. The molecule has 19 heavy (non-hydrogen) atoms. The van der Waals surface area contributed by atoms with Crippen LogP contribution in [0.4, 0.5) is 0 Å². The Morgan fingerprint density at radius 2 is 2.21 bits per heavy atom. The Hall–Kier alpha value is -1.62. The molecule has 0 fully saturated rings. The number of nitrogens with zero attached hydrogens (tertiary/aromatic N) is 3. The van der Waals surface area contributed by atoms with Gasteiger partial charge in [-0.3, -0.25) is 9.78 Å². The van der Waals surface area contributed by atoms with Gasteiger partial charge in [0, 0.05) is 11.7 Å². The molecule has 2 aromatic heterocycles. The second kappa shape index (κ2) is 5.17. The maximum absolute atomic E-state index is 12.0. The largest absolute Gasteiger partial charge is 0.350 e. The Bertz CT molecular complexity index is 600. The molecular weight excluding hydrogens is 264 g/mol. The van der Waals surface area contributed by atoms with Crippen molar-refractivity contribution in [2.75, 3.05) is 0 Å². The number of carbonyl (C=O) groups is 1. The van der Waals surface area contributed by atoms with Crippen LogP contribution >= 0.6 is 11.6 Å². The molecule has 0 aliphatic rings. The second-order valence-electron chi connectivity index (χ2n) is 5.41. The zero-order valence-corrected chi connectivity index (χ0v) is 12.0. The lowest BCUT2D eigenvalue weighted by atomic mass is 10.1. The van der Waals surface area contributed by atoms with Gasteiger partial charge in [0.05, 0.1) is 17.6 Å². The summed E-state index contributed by atoms with van der Waals surface area (Å²) in [5.74, 6) is 0.876. The first-order chi connectivity index (χ1) is 8.90. The molecule has 2 heterocycles. The standard InChI is InChI=1S/C13H17ClN4O/c1-13(2,3)17-12(19)8-18-10-4-5-15-7-9(10)16-11(18)6-14/h4-5,7H,6,8H2,1-3H3,(H,17,19). The highest BCUT2D eigenvalue weighted by Gasteiger charge is 2.17. The van der Waals surface area contributed by atoms with Crippen molar-refractivity contribution < 1.29 is 4.79 Å². The Labute approximate surface area is 117 Å². The highest BCUT2D eigenvalue weighted by Crippen LogP contribution is 2.16. The number of hydrogen-bond donors (Lipinski definition) is 1. The van der Waals surface area contributed by atoms with Gasteiger partial charge in [0.2, 0.25) is 5.91 Å². The van der Waals surface area contributed by atoms with Crippen molar-refractivity contribution in [2.24, 2.45) is 0 Å². The van der Waals surface area contributed by atoms with Crippen LogP contribution in [0.15, 0.2) is 18.5 Å². The Balaban J connectivity index is 2.31. The van der Waals surface area contributed by atoms with Gasteiger partial charge >= 0.3 is 0 Å². The van der Waals surface area contributed by atoms with Gasteiger partial charge in [0.1, 0.15) is 17.9 Å². The van der Waals surface area contributed by atoms with E-state index in [1.165, 1.54) is 0 Å². The van der Waals surface area contributed by atoms with Crippen molar-refractivity contribution in [2.45, 2.75) is 38.7 Å². The van der Waals surface area contributed by atoms with E-state index in [9.17, 15) is 4.79 Å². The van der Waals surface area contributed by atoms with Crippen molar-refractivity contribution in [3.05, 3.63) is 24.3 Å². The summed E-state index contributed by atoms with van der Waals surface area (Å²) in [5.41, 5.74) is 1.37. The summed E-state index contributed by atoms with van der Waals surface area (Å²) in [5, 5.41) is 2.93. The fourth-order valence-electron chi connectivity index (χ4n) is 1.91. The monoisotopic (exact) mass is 280 g/mol. The fraction of sp³-hybridized carbons (Fsp3) is 0.462. The molecule has 0 atom stereocenters. The summed E-state index contributed by atoms with van der Waals surface area (Å²) >= 11 is 5.88. The summed E-state index contributed by atoms with van der Waals surface area (Å²) in [6.07, 6.45) is 3.35. The molecule has 2 aromatic rings. The first-order valence-electron chi connectivity index (χ1n) is 6.07. The highest BCUT2D eigenvalue weighted by molar-refractivity contribution is 6.16. The average molecular weight is 281 g/mol. The molecule has 0 spiro atoms. The number of alkyl halides is 1. The van der Waals surface area contributed by atoms with Gasteiger partial charge in [-0.1, -0.05) is 0 Å². The van der Waals surface area contributed by atoms with Crippen LogP contribution in [0.1, 0.15) is 26.6 Å². The van der Waals surface area contributed by atoms with E-state index in [-0.39, 0.29) is 23.9 Å².